The molecule has 0 aromatic heterocycles. The number of phenols is 1. The number of aliphatic hydroxyl groups excluding tert-OH is 2. The summed E-state index contributed by atoms with van der Waals surface area (Å²) in [6.07, 6.45) is -2.19. The third kappa shape index (κ3) is 2.94. The van der Waals surface area contributed by atoms with E-state index >= 15 is 0 Å². The lowest BCUT2D eigenvalue weighted by molar-refractivity contribution is -0.0170. The molecule has 1 unspecified atom stereocenters. The van der Waals surface area contributed by atoms with Crippen LogP contribution in [-0.4, -0.2) is 59.3 Å². The molecule has 4 atom stereocenters. The second-order valence-electron chi connectivity index (χ2n) is 4.91. The summed E-state index contributed by atoms with van der Waals surface area (Å²) in [5.74, 6) is -0.631. The van der Waals surface area contributed by atoms with Gasteiger partial charge in [0.25, 0.3) is 5.91 Å². The van der Waals surface area contributed by atoms with Crippen LogP contribution in [0, 0.1) is 0 Å². The molecule has 1 aromatic rings. The van der Waals surface area contributed by atoms with Crippen LogP contribution in [0.3, 0.4) is 0 Å². The first kappa shape index (κ1) is 15.6. The summed E-state index contributed by atoms with van der Waals surface area (Å²) in [5.41, 5.74) is 0.0428. The number of phenolic OH excluding ortho intramolecular Hbond substituents is 1. The monoisotopic (exact) mass is 297 g/mol. The predicted molar refractivity (Wildman–Crippen MR) is 73.3 cm³/mol. The Labute approximate surface area is 122 Å². The van der Waals surface area contributed by atoms with Crippen LogP contribution in [0.4, 0.5) is 0 Å². The van der Waals surface area contributed by atoms with Crippen LogP contribution in [0.1, 0.15) is 17.3 Å². The lowest BCUT2D eigenvalue weighted by atomic mass is 10.0. The number of aromatic hydroxyl groups is 1. The zero-order chi connectivity index (χ0) is 15.6. The number of nitrogens with one attached hydrogen (secondary N) is 1. The van der Waals surface area contributed by atoms with Crippen LogP contribution in [0.5, 0.6) is 11.5 Å². The van der Waals surface area contributed by atoms with E-state index in [0.717, 1.165) is 0 Å². The minimum Gasteiger partial charge on any atom is -0.504 e. The molecule has 7 nitrogen and oxygen atoms in total. The van der Waals surface area contributed by atoms with E-state index in [4.69, 9.17) is 14.6 Å². The van der Waals surface area contributed by atoms with Crippen molar-refractivity contribution in [2.45, 2.75) is 31.3 Å². The largest absolute Gasteiger partial charge is 0.504 e. The Morgan fingerprint density at radius 1 is 1.48 bits per heavy atom. The second kappa shape index (κ2) is 6.30. The van der Waals surface area contributed by atoms with Crippen molar-refractivity contribution in [2.24, 2.45) is 0 Å². The van der Waals surface area contributed by atoms with Crippen LogP contribution in [0.2, 0.25) is 0 Å². The van der Waals surface area contributed by atoms with Gasteiger partial charge in [-0.05, 0) is 19.1 Å². The highest BCUT2D eigenvalue weighted by atomic mass is 16.5. The quantitative estimate of drug-likeness (QED) is 0.604. The number of benzene rings is 1. The van der Waals surface area contributed by atoms with Crippen molar-refractivity contribution in [3.8, 4) is 11.5 Å². The lowest BCUT2D eigenvalue weighted by Gasteiger charge is -2.20. The Morgan fingerprint density at radius 2 is 2.19 bits per heavy atom. The highest BCUT2D eigenvalue weighted by Gasteiger charge is 2.42. The molecule has 0 aliphatic carbocycles. The van der Waals surface area contributed by atoms with Crippen molar-refractivity contribution in [1.29, 1.82) is 0 Å². The maximum atomic E-state index is 12.2. The maximum absolute atomic E-state index is 12.2. The number of aliphatic hydroxyl groups is 2. The molecule has 1 aliphatic heterocycles. The van der Waals surface area contributed by atoms with E-state index in [9.17, 15) is 15.0 Å². The van der Waals surface area contributed by atoms with Crippen LogP contribution < -0.4 is 10.1 Å². The molecule has 116 valence electrons. The van der Waals surface area contributed by atoms with E-state index in [0.29, 0.717) is 0 Å². The molecule has 1 saturated heterocycles. The summed E-state index contributed by atoms with van der Waals surface area (Å²) < 4.78 is 10.3. The van der Waals surface area contributed by atoms with Crippen molar-refractivity contribution in [3.63, 3.8) is 0 Å². The van der Waals surface area contributed by atoms with Gasteiger partial charge >= 0.3 is 0 Å². The summed E-state index contributed by atoms with van der Waals surface area (Å²) in [4.78, 5) is 12.2. The van der Waals surface area contributed by atoms with Gasteiger partial charge in [-0.15, -0.1) is 0 Å². The number of ether oxygens (including phenoxy) is 2. The van der Waals surface area contributed by atoms with Crippen molar-refractivity contribution in [2.75, 3.05) is 13.7 Å². The predicted octanol–water partition coefficient (Wildman–Crippen LogP) is -0.360. The SMILES string of the molecule is COc1cccc(C(=O)NC2[C@H](C)O[C@H](CO)[C@@H]2O)c1O. The molecule has 0 bridgehead atoms. The number of amides is 1. The zero-order valence-corrected chi connectivity index (χ0v) is 11.8. The van der Waals surface area contributed by atoms with E-state index in [1.165, 1.54) is 19.2 Å². The summed E-state index contributed by atoms with van der Waals surface area (Å²) in [7, 11) is 1.39. The molecular formula is C14H19NO6. The number of carbonyl (C=O) groups excluding carboxylic acids is 1. The third-order valence-corrected chi connectivity index (χ3v) is 3.59. The molecule has 0 saturated carbocycles. The molecule has 1 fully saturated rings. The van der Waals surface area contributed by atoms with Gasteiger partial charge in [-0.25, -0.2) is 0 Å². The van der Waals surface area contributed by atoms with Gasteiger partial charge in [0.05, 0.1) is 31.4 Å². The van der Waals surface area contributed by atoms with E-state index in [1.807, 2.05) is 0 Å². The number of para-hydroxylation sites is 1. The topological polar surface area (TPSA) is 108 Å². The highest BCUT2D eigenvalue weighted by molar-refractivity contribution is 5.97. The van der Waals surface area contributed by atoms with Crippen molar-refractivity contribution in [3.05, 3.63) is 23.8 Å². The smallest absolute Gasteiger partial charge is 0.255 e. The molecule has 1 aliphatic rings. The Balaban J connectivity index is 2.15. The van der Waals surface area contributed by atoms with Gasteiger partial charge in [-0.3, -0.25) is 4.79 Å². The standard InChI is InChI=1S/C14H19NO6/c1-7-11(13(18)10(6-16)21-7)15-14(19)8-4-3-5-9(20-2)12(8)17/h3-5,7,10-11,13,16-18H,6H2,1-2H3,(H,15,19)/t7-,10+,11?,13-/m0/s1. The number of methoxy groups -OCH3 is 1. The van der Waals surface area contributed by atoms with Gasteiger partial charge in [0.1, 0.15) is 12.2 Å². The number of hydrogen-bond donors (Lipinski definition) is 4. The summed E-state index contributed by atoms with van der Waals surface area (Å²) in [6.45, 7) is 1.36. The van der Waals surface area contributed by atoms with Gasteiger partial charge in [0, 0.05) is 0 Å². The number of carbonyl (C=O) groups is 1. The number of rotatable bonds is 4. The average molecular weight is 297 g/mol. The summed E-state index contributed by atoms with van der Waals surface area (Å²) in [6, 6.07) is 3.89. The van der Waals surface area contributed by atoms with Gasteiger partial charge in [-0.1, -0.05) is 6.07 Å². The van der Waals surface area contributed by atoms with Gasteiger partial charge < -0.3 is 30.1 Å². The lowest BCUT2D eigenvalue weighted by Crippen LogP contribution is -2.47. The Hall–Kier alpha value is -1.83. The highest BCUT2D eigenvalue weighted by Crippen LogP contribution is 2.30. The minimum absolute atomic E-state index is 0.0428. The Kier molecular flexibility index (Phi) is 4.66. The van der Waals surface area contributed by atoms with E-state index in [-0.39, 0.29) is 23.7 Å². The first-order valence-corrected chi connectivity index (χ1v) is 6.60. The van der Waals surface area contributed by atoms with Crippen LogP contribution in [0.25, 0.3) is 0 Å². The molecule has 4 N–H and O–H groups in total. The first-order chi connectivity index (χ1) is 9.99. The molecule has 2 rings (SSSR count). The van der Waals surface area contributed by atoms with Gasteiger partial charge in [0.15, 0.2) is 11.5 Å². The van der Waals surface area contributed by atoms with Crippen LogP contribution in [0.15, 0.2) is 18.2 Å². The van der Waals surface area contributed by atoms with Crippen molar-refractivity contribution in [1.82, 2.24) is 5.32 Å². The van der Waals surface area contributed by atoms with Crippen LogP contribution >= 0.6 is 0 Å². The molecule has 1 aromatic carbocycles. The molecule has 7 heteroatoms. The van der Waals surface area contributed by atoms with Crippen molar-refractivity contribution < 1.29 is 29.6 Å². The fraction of sp³-hybridized carbons (Fsp3) is 0.500. The molecule has 1 heterocycles. The fourth-order valence-electron chi connectivity index (χ4n) is 2.40. The third-order valence-electron chi connectivity index (χ3n) is 3.59. The molecule has 0 radical (unpaired) electrons. The molecule has 1 amide bonds. The van der Waals surface area contributed by atoms with Gasteiger partial charge in [-0.2, -0.15) is 0 Å². The molecule has 21 heavy (non-hydrogen) atoms. The number of hydrogen-bond acceptors (Lipinski definition) is 6. The normalized spacial score (nSPS) is 28.4. The summed E-state index contributed by atoms with van der Waals surface area (Å²) in [5, 5.41) is 31.6. The van der Waals surface area contributed by atoms with Crippen molar-refractivity contribution >= 4 is 5.91 Å². The van der Waals surface area contributed by atoms with Crippen LogP contribution in [-0.2, 0) is 4.74 Å². The Morgan fingerprint density at radius 3 is 2.76 bits per heavy atom. The maximum Gasteiger partial charge on any atom is 0.255 e. The van der Waals surface area contributed by atoms with Gasteiger partial charge in [0.2, 0.25) is 0 Å². The second-order valence-corrected chi connectivity index (χ2v) is 4.91. The minimum atomic E-state index is -1.01. The van der Waals surface area contributed by atoms with E-state index in [1.54, 1.807) is 13.0 Å². The fourth-order valence-corrected chi connectivity index (χ4v) is 2.40. The van der Waals surface area contributed by atoms with E-state index in [2.05, 4.69) is 5.32 Å². The average Bonchev–Trinajstić information content (AvgIpc) is 2.74. The Bertz CT molecular complexity index is 520. The molecular weight excluding hydrogens is 278 g/mol. The first-order valence-electron chi connectivity index (χ1n) is 6.60. The summed E-state index contributed by atoms with van der Waals surface area (Å²) >= 11 is 0. The zero-order valence-electron chi connectivity index (χ0n) is 11.8. The van der Waals surface area contributed by atoms with E-state index < -0.39 is 30.3 Å². The molecule has 0 spiro atoms.